The van der Waals surface area contributed by atoms with Crippen molar-refractivity contribution in [3.8, 4) is 0 Å². The van der Waals surface area contributed by atoms with E-state index in [1.54, 1.807) is 0 Å². The molecule has 300 valence electrons. The summed E-state index contributed by atoms with van der Waals surface area (Å²) in [7, 11) is 1.16. The number of phosphoric ester groups is 1. The highest BCUT2D eigenvalue weighted by Gasteiger charge is 2.21. The summed E-state index contributed by atoms with van der Waals surface area (Å²) in [6, 6.07) is 0. The zero-order valence-electron chi connectivity index (χ0n) is 33.6. The van der Waals surface area contributed by atoms with Crippen molar-refractivity contribution in [3.63, 3.8) is 0 Å². The lowest BCUT2D eigenvalue weighted by Gasteiger charge is -2.28. The molecule has 0 heterocycles. The van der Waals surface area contributed by atoms with Crippen LogP contribution in [0.4, 0.5) is 0 Å². The maximum atomic E-state index is 12.6. The molecule has 0 aliphatic rings. The molecule has 0 aliphatic carbocycles. The van der Waals surface area contributed by atoms with Crippen molar-refractivity contribution < 1.29 is 42.1 Å². The molecule has 0 saturated heterocycles. The highest BCUT2D eigenvalue weighted by Crippen LogP contribution is 2.38. The van der Waals surface area contributed by atoms with E-state index in [1.165, 1.54) is 70.6 Å². The topological polar surface area (TPSA) is 111 Å². The molecule has 0 aliphatic heterocycles. The monoisotopic (exact) mass is 744 g/mol. The van der Waals surface area contributed by atoms with Crippen molar-refractivity contribution in [3.05, 3.63) is 24.3 Å². The molecule has 0 radical (unpaired) electrons. The number of hydrogen-bond donors (Lipinski definition) is 0. The summed E-state index contributed by atoms with van der Waals surface area (Å²) in [6.07, 6.45) is 34.8. The van der Waals surface area contributed by atoms with Gasteiger partial charge in [-0.15, -0.1) is 0 Å². The molecule has 9 nitrogen and oxygen atoms in total. The third kappa shape index (κ3) is 38.0. The largest absolute Gasteiger partial charge is 0.756 e. The summed E-state index contributed by atoms with van der Waals surface area (Å²) in [6.45, 7) is 4.17. The first kappa shape index (κ1) is 49.5. The molecule has 0 fully saturated rings. The number of rotatable bonds is 37. The number of carbonyl (C=O) groups excluding carboxylic acids is 2. The predicted molar refractivity (Wildman–Crippen MR) is 208 cm³/mol. The van der Waals surface area contributed by atoms with Crippen LogP contribution in [0.2, 0.25) is 0 Å². The van der Waals surface area contributed by atoms with Gasteiger partial charge in [0.2, 0.25) is 0 Å². The van der Waals surface area contributed by atoms with Crippen LogP contribution in [0.15, 0.2) is 24.3 Å². The van der Waals surface area contributed by atoms with E-state index in [-0.39, 0.29) is 26.1 Å². The Labute approximate surface area is 313 Å². The Morgan fingerprint density at radius 1 is 0.588 bits per heavy atom. The van der Waals surface area contributed by atoms with Crippen LogP contribution in [0, 0.1) is 0 Å². The maximum absolute atomic E-state index is 12.6. The molecule has 0 rings (SSSR count). The Bertz CT molecular complexity index is 933. The molecule has 51 heavy (non-hydrogen) atoms. The predicted octanol–water partition coefficient (Wildman–Crippen LogP) is 10.6. The fourth-order valence-corrected chi connectivity index (χ4v) is 6.14. The SMILES string of the molecule is CCCCCC/C=C/CCCCCCCC(=O)O[C@H](COC(=O)CCCCCCC/C=C/CCCCCCC)COP(=O)([O-])OCC[N+](C)(C)C. The zero-order valence-corrected chi connectivity index (χ0v) is 34.4. The van der Waals surface area contributed by atoms with Gasteiger partial charge in [-0.2, -0.15) is 0 Å². The average Bonchev–Trinajstić information content (AvgIpc) is 3.07. The van der Waals surface area contributed by atoms with E-state index in [1.807, 2.05) is 21.1 Å². The number of phosphoric acid groups is 1. The average molecular weight is 744 g/mol. The van der Waals surface area contributed by atoms with Crippen LogP contribution < -0.4 is 4.89 Å². The van der Waals surface area contributed by atoms with Crippen LogP contribution in [0.25, 0.3) is 0 Å². The van der Waals surface area contributed by atoms with Gasteiger partial charge in [0, 0.05) is 12.8 Å². The van der Waals surface area contributed by atoms with E-state index in [2.05, 4.69) is 38.2 Å². The van der Waals surface area contributed by atoms with Gasteiger partial charge in [-0.05, 0) is 64.2 Å². The number of carbonyl (C=O) groups is 2. The van der Waals surface area contributed by atoms with Gasteiger partial charge in [0.25, 0.3) is 7.82 Å². The minimum atomic E-state index is -4.62. The first-order valence-electron chi connectivity index (χ1n) is 20.5. The molecule has 0 bridgehead atoms. The molecule has 0 amide bonds. The molecule has 10 heteroatoms. The van der Waals surface area contributed by atoms with Crippen molar-refractivity contribution in [1.29, 1.82) is 0 Å². The van der Waals surface area contributed by atoms with E-state index in [4.69, 9.17) is 18.5 Å². The Kier molecular flexibility index (Phi) is 33.3. The molecular formula is C41H78NO8P. The molecule has 1 unspecified atom stereocenters. The van der Waals surface area contributed by atoms with Gasteiger partial charge < -0.3 is 27.9 Å². The number of quaternary nitrogens is 1. The number of hydrogen-bond acceptors (Lipinski definition) is 8. The number of likely N-dealkylation sites (N-methyl/N-ethyl adjacent to an activating group) is 1. The van der Waals surface area contributed by atoms with Gasteiger partial charge in [0.05, 0.1) is 27.7 Å². The standard InChI is InChI=1S/C41H78NO8P/c1-6-8-10-12-14-16-18-20-22-23-25-27-29-31-33-40(43)47-37-39(38-49-51(45,46)48-36-35-42(3,4)5)50-41(44)34-32-30-28-26-24-21-19-17-15-13-11-9-7-2/h17-20,39H,6-16,21-38H2,1-5H3/b19-17+,20-18+/t39-/m1/s1. The van der Waals surface area contributed by atoms with Crippen molar-refractivity contribution >= 4 is 19.8 Å². The summed E-state index contributed by atoms with van der Waals surface area (Å²) in [5.74, 6) is -0.854. The first-order valence-corrected chi connectivity index (χ1v) is 22.0. The van der Waals surface area contributed by atoms with Crippen LogP contribution in [-0.2, 0) is 32.7 Å². The smallest absolute Gasteiger partial charge is 0.306 e. The van der Waals surface area contributed by atoms with E-state index in [0.29, 0.717) is 17.4 Å². The molecule has 0 spiro atoms. The Hall–Kier alpha value is -1.51. The highest BCUT2D eigenvalue weighted by molar-refractivity contribution is 7.45. The highest BCUT2D eigenvalue weighted by atomic mass is 31.2. The lowest BCUT2D eigenvalue weighted by Crippen LogP contribution is -2.37. The number of nitrogens with zero attached hydrogens (tertiary/aromatic N) is 1. The lowest BCUT2D eigenvalue weighted by molar-refractivity contribution is -0.870. The summed E-state index contributed by atoms with van der Waals surface area (Å²) >= 11 is 0. The number of esters is 2. The van der Waals surface area contributed by atoms with Gasteiger partial charge in [-0.1, -0.05) is 122 Å². The third-order valence-corrected chi connectivity index (χ3v) is 9.66. The van der Waals surface area contributed by atoms with Crippen LogP contribution in [0.5, 0.6) is 0 Å². The fraction of sp³-hybridized carbons (Fsp3) is 0.854. The lowest BCUT2D eigenvalue weighted by atomic mass is 10.1. The van der Waals surface area contributed by atoms with Gasteiger partial charge in [0.1, 0.15) is 19.8 Å². The van der Waals surface area contributed by atoms with Crippen molar-refractivity contribution in [1.82, 2.24) is 0 Å². The van der Waals surface area contributed by atoms with Crippen LogP contribution in [-0.4, -0.2) is 70.0 Å². The Morgan fingerprint density at radius 2 is 1.00 bits per heavy atom. The molecule has 0 aromatic rings. The summed E-state index contributed by atoms with van der Waals surface area (Å²) < 4.78 is 33.8. The molecule has 2 atom stereocenters. The fourth-order valence-electron chi connectivity index (χ4n) is 5.41. The summed E-state index contributed by atoms with van der Waals surface area (Å²) in [4.78, 5) is 37.4. The normalized spacial score (nSPS) is 13.9. The molecular weight excluding hydrogens is 665 g/mol. The van der Waals surface area contributed by atoms with Crippen LogP contribution in [0.1, 0.15) is 174 Å². The minimum Gasteiger partial charge on any atom is -0.756 e. The van der Waals surface area contributed by atoms with E-state index >= 15 is 0 Å². The summed E-state index contributed by atoms with van der Waals surface area (Å²) in [5.41, 5.74) is 0. The molecule has 0 N–H and O–H groups in total. The van der Waals surface area contributed by atoms with Crippen molar-refractivity contribution in [2.24, 2.45) is 0 Å². The Balaban J connectivity index is 4.42. The second-order valence-corrected chi connectivity index (χ2v) is 16.4. The maximum Gasteiger partial charge on any atom is 0.306 e. The number of allylic oxidation sites excluding steroid dienone is 4. The second-order valence-electron chi connectivity index (χ2n) is 15.0. The van der Waals surface area contributed by atoms with Gasteiger partial charge in [-0.3, -0.25) is 14.2 Å². The molecule has 0 saturated carbocycles. The number of ether oxygens (including phenoxy) is 2. The third-order valence-electron chi connectivity index (χ3n) is 8.69. The van der Waals surface area contributed by atoms with Crippen LogP contribution >= 0.6 is 7.82 Å². The Morgan fingerprint density at radius 3 is 1.47 bits per heavy atom. The minimum absolute atomic E-state index is 0.0328. The molecule has 0 aromatic carbocycles. The van der Waals surface area contributed by atoms with Gasteiger partial charge >= 0.3 is 11.9 Å². The summed E-state index contributed by atoms with van der Waals surface area (Å²) in [5, 5.41) is 0. The van der Waals surface area contributed by atoms with E-state index < -0.39 is 32.5 Å². The zero-order chi connectivity index (χ0) is 37.9. The van der Waals surface area contributed by atoms with Crippen molar-refractivity contribution in [2.75, 3.05) is 47.5 Å². The van der Waals surface area contributed by atoms with Crippen molar-refractivity contribution in [2.45, 2.75) is 180 Å². The first-order chi connectivity index (χ1) is 24.5. The van der Waals surface area contributed by atoms with E-state index in [9.17, 15) is 19.0 Å². The quantitative estimate of drug-likeness (QED) is 0.0203. The second kappa shape index (κ2) is 34.3. The van der Waals surface area contributed by atoms with E-state index in [0.717, 1.165) is 70.6 Å². The molecule has 0 aromatic heterocycles. The number of unbranched alkanes of at least 4 members (excludes halogenated alkanes) is 19. The van der Waals surface area contributed by atoms with Gasteiger partial charge in [-0.25, -0.2) is 0 Å². The van der Waals surface area contributed by atoms with Crippen LogP contribution in [0.3, 0.4) is 0 Å². The van der Waals surface area contributed by atoms with Gasteiger partial charge in [0.15, 0.2) is 6.10 Å².